The molecule has 2 aliphatic heterocycles. The quantitative estimate of drug-likeness (QED) is 0.847. The Balaban J connectivity index is 1.96. The average Bonchev–Trinajstić information content (AvgIpc) is 2.31. The number of thioether (sulfide) groups is 1. The minimum atomic E-state index is 0.237. The van der Waals surface area contributed by atoms with E-state index in [0.29, 0.717) is 11.8 Å². The summed E-state index contributed by atoms with van der Waals surface area (Å²) >= 11 is 1.65. The van der Waals surface area contributed by atoms with E-state index >= 15 is 0 Å². The molecule has 1 fully saturated rings. The van der Waals surface area contributed by atoms with Crippen molar-refractivity contribution in [3.8, 4) is 0 Å². The van der Waals surface area contributed by atoms with Gasteiger partial charge in [-0.05, 0) is 24.7 Å². The van der Waals surface area contributed by atoms with Crippen LogP contribution in [0.1, 0.15) is 5.56 Å². The molecule has 1 aromatic carbocycles. The van der Waals surface area contributed by atoms with Crippen molar-refractivity contribution in [2.75, 3.05) is 30.8 Å². The third-order valence-corrected chi connectivity index (χ3v) is 4.46. The fraction of sp³-hybridized carbons (Fsp3) is 0.462. The predicted octanol–water partition coefficient (Wildman–Crippen LogP) is 0.817. The standard InChI is InChI=1S/C13H17N3OS/c1-14-5-9-2-3-12-11(4-9)16(10-6-15-7-10)13(17)8-18-12/h2-4,10,14-15H,5-8H2,1H3. The summed E-state index contributed by atoms with van der Waals surface area (Å²) in [6.45, 7) is 2.65. The fourth-order valence-corrected chi connectivity index (χ4v) is 3.27. The van der Waals surface area contributed by atoms with Crippen LogP contribution in [0.5, 0.6) is 0 Å². The topological polar surface area (TPSA) is 44.4 Å². The lowest BCUT2D eigenvalue weighted by atomic mass is 10.1. The number of carbonyl (C=O) groups excluding carboxylic acids is 1. The van der Waals surface area contributed by atoms with Crippen molar-refractivity contribution < 1.29 is 4.79 Å². The zero-order valence-corrected chi connectivity index (χ0v) is 11.2. The molecule has 0 bridgehead atoms. The molecule has 1 saturated heterocycles. The molecule has 2 heterocycles. The molecule has 0 unspecified atom stereocenters. The van der Waals surface area contributed by atoms with Gasteiger partial charge in [0.25, 0.3) is 0 Å². The number of hydrogen-bond acceptors (Lipinski definition) is 4. The smallest absolute Gasteiger partial charge is 0.237 e. The molecule has 0 aliphatic carbocycles. The zero-order chi connectivity index (χ0) is 12.5. The maximum atomic E-state index is 12.1. The van der Waals surface area contributed by atoms with Crippen LogP contribution >= 0.6 is 11.8 Å². The summed E-state index contributed by atoms with van der Waals surface area (Å²) in [6, 6.07) is 6.75. The van der Waals surface area contributed by atoms with Gasteiger partial charge < -0.3 is 15.5 Å². The van der Waals surface area contributed by atoms with Crippen LogP contribution in [0.4, 0.5) is 5.69 Å². The molecule has 5 heteroatoms. The number of hydrogen-bond donors (Lipinski definition) is 2. The monoisotopic (exact) mass is 263 g/mol. The highest BCUT2D eigenvalue weighted by atomic mass is 32.2. The summed E-state index contributed by atoms with van der Waals surface area (Å²) in [4.78, 5) is 15.3. The molecule has 4 nitrogen and oxygen atoms in total. The lowest BCUT2D eigenvalue weighted by Gasteiger charge is -2.41. The first kappa shape index (κ1) is 12.0. The van der Waals surface area contributed by atoms with Gasteiger partial charge in [0.15, 0.2) is 0 Å². The summed E-state index contributed by atoms with van der Waals surface area (Å²) in [5.41, 5.74) is 2.32. The summed E-state index contributed by atoms with van der Waals surface area (Å²) < 4.78 is 0. The molecule has 0 radical (unpaired) electrons. The van der Waals surface area contributed by atoms with Gasteiger partial charge in [-0.2, -0.15) is 0 Å². The second kappa shape index (κ2) is 4.91. The van der Waals surface area contributed by atoms with Crippen molar-refractivity contribution in [1.82, 2.24) is 10.6 Å². The third kappa shape index (κ3) is 2.02. The predicted molar refractivity (Wildman–Crippen MR) is 74.1 cm³/mol. The van der Waals surface area contributed by atoms with Crippen LogP contribution in [0.15, 0.2) is 23.1 Å². The fourth-order valence-electron chi connectivity index (χ4n) is 2.39. The molecular formula is C13H17N3OS. The molecule has 0 aromatic heterocycles. The lowest BCUT2D eigenvalue weighted by Crippen LogP contribution is -2.60. The van der Waals surface area contributed by atoms with Gasteiger partial charge in [-0.3, -0.25) is 4.79 Å². The number of rotatable bonds is 3. The largest absolute Gasteiger partial charge is 0.316 e. The molecule has 1 amide bonds. The average molecular weight is 263 g/mol. The van der Waals surface area contributed by atoms with Crippen molar-refractivity contribution in [2.45, 2.75) is 17.5 Å². The maximum Gasteiger partial charge on any atom is 0.237 e. The van der Waals surface area contributed by atoms with Crippen molar-refractivity contribution >= 4 is 23.4 Å². The van der Waals surface area contributed by atoms with Gasteiger partial charge in [0.1, 0.15) is 0 Å². The van der Waals surface area contributed by atoms with Crippen molar-refractivity contribution in [1.29, 1.82) is 0 Å². The number of fused-ring (bicyclic) bond motifs is 1. The maximum absolute atomic E-state index is 12.1. The molecule has 2 N–H and O–H groups in total. The van der Waals surface area contributed by atoms with Gasteiger partial charge >= 0.3 is 0 Å². The first-order valence-electron chi connectivity index (χ1n) is 6.22. The molecule has 1 aromatic rings. The minimum Gasteiger partial charge on any atom is -0.316 e. The number of carbonyl (C=O) groups is 1. The molecule has 3 rings (SSSR count). The first-order valence-corrected chi connectivity index (χ1v) is 7.21. The van der Waals surface area contributed by atoms with E-state index in [1.54, 1.807) is 11.8 Å². The van der Waals surface area contributed by atoms with Crippen LogP contribution in [0.2, 0.25) is 0 Å². The Labute approximate surface area is 111 Å². The lowest BCUT2D eigenvalue weighted by molar-refractivity contribution is -0.117. The number of nitrogens with one attached hydrogen (secondary N) is 2. The van der Waals surface area contributed by atoms with Crippen LogP contribution in [-0.4, -0.2) is 37.8 Å². The van der Waals surface area contributed by atoms with Gasteiger partial charge in [-0.1, -0.05) is 6.07 Å². The van der Waals surface area contributed by atoms with Crippen LogP contribution in [0.3, 0.4) is 0 Å². The Morgan fingerprint density at radius 2 is 2.33 bits per heavy atom. The summed E-state index contributed by atoms with van der Waals surface area (Å²) in [5.74, 6) is 0.801. The SMILES string of the molecule is CNCc1ccc2c(c1)N(C1CNC1)C(=O)CS2. The highest BCUT2D eigenvalue weighted by Crippen LogP contribution is 2.37. The molecule has 2 aliphatic rings. The Morgan fingerprint density at radius 3 is 3.00 bits per heavy atom. The van der Waals surface area contributed by atoms with E-state index in [0.717, 1.165) is 25.3 Å². The van der Waals surface area contributed by atoms with Crippen molar-refractivity contribution in [2.24, 2.45) is 0 Å². The van der Waals surface area contributed by atoms with E-state index in [1.807, 2.05) is 11.9 Å². The molecule has 0 saturated carbocycles. The summed E-state index contributed by atoms with van der Waals surface area (Å²) in [5, 5.41) is 6.39. The van der Waals surface area contributed by atoms with E-state index in [1.165, 1.54) is 10.5 Å². The number of anilines is 1. The Morgan fingerprint density at radius 1 is 1.50 bits per heavy atom. The van der Waals surface area contributed by atoms with Crippen LogP contribution in [-0.2, 0) is 11.3 Å². The Hall–Kier alpha value is -1.04. The van der Waals surface area contributed by atoms with E-state index in [4.69, 9.17) is 0 Å². The van der Waals surface area contributed by atoms with Gasteiger partial charge in [-0.15, -0.1) is 11.8 Å². The minimum absolute atomic E-state index is 0.237. The second-order valence-electron chi connectivity index (χ2n) is 4.70. The van der Waals surface area contributed by atoms with Gasteiger partial charge in [-0.25, -0.2) is 0 Å². The molecule has 0 atom stereocenters. The van der Waals surface area contributed by atoms with Gasteiger partial charge in [0.2, 0.25) is 5.91 Å². The highest BCUT2D eigenvalue weighted by Gasteiger charge is 2.34. The van der Waals surface area contributed by atoms with Crippen molar-refractivity contribution in [3.63, 3.8) is 0 Å². The molecule has 0 spiro atoms. The van der Waals surface area contributed by atoms with E-state index in [2.05, 4.69) is 28.8 Å². The first-order chi connectivity index (χ1) is 8.79. The summed E-state index contributed by atoms with van der Waals surface area (Å²) in [6.07, 6.45) is 0. The van der Waals surface area contributed by atoms with Crippen molar-refractivity contribution in [3.05, 3.63) is 23.8 Å². The van der Waals surface area contributed by atoms with Crippen LogP contribution < -0.4 is 15.5 Å². The third-order valence-electron chi connectivity index (χ3n) is 3.41. The van der Waals surface area contributed by atoms with Gasteiger partial charge in [0, 0.05) is 24.5 Å². The van der Waals surface area contributed by atoms with Gasteiger partial charge in [0.05, 0.1) is 17.5 Å². The highest BCUT2D eigenvalue weighted by molar-refractivity contribution is 8.00. The molecule has 18 heavy (non-hydrogen) atoms. The number of nitrogens with zero attached hydrogens (tertiary/aromatic N) is 1. The van der Waals surface area contributed by atoms with Crippen LogP contribution in [0.25, 0.3) is 0 Å². The Kier molecular flexibility index (Phi) is 3.28. The van der Waals surface area contributed by atoms with Crippen LogP contribution in [0, 0.1) is 0 Å². The normalized spacial score (nSPS) is 19.6. The Bertz CT molecular complexity index is 473. The molecule has 96 valence electrons. The number of benzene rings is 1. The van der Waals surface area contributed by atoms with E-state index in [-0.39, 0.29) is 5.91 Å². The molecular weight excluding hydrogens is 246 g/mol. The number of amides is 1. The van der Waals surface area contributed by atoms with E-state index in [9.17, 15) is 4.79 Å². The zero-order valence-electron chi connectivity index (χ0n) is 10.4. The van der Waals surface area contributed by atoms with E-state index < -0.39 is 0 Å². The second-order valence-corrected chi connectivity index (χ2v) is 5.71. The summed E-state index contributed by atoms with van der Waals surface area (Å²) in [7, 11) is 1.94.